The molecule has 0 bridgehead atoms. The lowest BCUT2D eigenvalue weighted by molar-refractivity contribution is -0.142. The highest BCUT2D eigenvalue weighted by Gasteiger charge is 2.30. The van der Waals surface area contributed by atoms with Gasteiger partial charge in [-0.05, 0) is 49.2 Å². The van der Waals surface area contributed by atoms with Gasteiger partial charge in [0.1, 0.15) is 18.1 Å². The summed E-state index contributed by atoms with van der Waals surface area (Å²) in [7, 11) is 0. The lowest BCUT2D eigenvalue weighted by Crippen LogP contribution is -2.57. The summed E-state index contributed by atoms with van der Waals surface area (Å²) < 4.78 is 0. The number of carboxylic acid groups (broad SMARTS) is 1. The second-order valence-corrected chi connectivity index (χ2v) is 10.7. The van der Waals surface area contributed by atoms with Gasteiger partial charge < -0.3 is 38.3 Å². The molecular formula is C26H43N7O5S. The van der Waals surface area contributed by atoms with Gasteiger partial charge in [-0.15, -0.1) is 0 Å². The number of carbonyl (C=O) groups is 4. The first kappa shape index (κ1) is 33.7. The van der Waals surface area contributed by atoms with Crippen LogP contribution in [-0.2, 0) is 25.6 Å². The first-order chi connectivity index (χ1) is 18.4. The fourth-order valence-corrected chi connectivity index (χ4v) is 4.20. The molecule has 4 atom stereocenters. The number of nitrogens with zero attached hydrogens (tertiary/aromatic N) is 1. The van der Waals surface area contributed by atoms with E-state index in [1.165, 1.54) is 11.8 Å². The van der Waals surface area contributed by atoms with Crippen molar-refractivity contribution in [3.05, 3.63) is 35.9 Å². The summed E-state index contributed by atoms with van der Waals surface area (Å²) in [6.45, 7) is 4.03. The number of hydrogen-bond donors (Lipinski definition) is 7. The molecule has 0 aromatic heterocycles. The minimum absolute atomic E-state index is 0.0415. The van der Waals surface area contributed by atoms with Crippen LogP contribution in [0, 0.1) is 5.92 Å². The molecule has 13 heteroatoms. The van der Waals surface area contributed by atoms with E-state index >= 15 is 0 Å². The van der Waals surface area contributed by atoms with Crippen LogP contribution in [0.2, 0.25) is 0 Å². The Kier molecular flexibility index (Phi) is 15.6. The lowest BCUT2D eigenvalue weighted by atomic mass is 10.0. The first-order valence-corrected chi connectivity index (χ1v) is 14.3. The van der Waals surface area contributed by atoms with Crippen LogP contribution in [0.3, 0.4) is 0 Å². The monoisotopic (exact) mass is 565 g/mol. The highest BCUT2D eigenvalue weighted by atomic mass is 32.2. The summed E-state index contributed by atoms with van der Waals surface area (Å²) in [4.78, 5) is 54.8. The van der Waals surface area contributed by atoms with Gasteiger partial charge in [0.2, 0.25) is 17.7 Å². The predicted octanol–water partition coefficient (Wildman–Crippen LogP) is -0.0518. The van der Waals surface area contributed by atoms with Gasteiger partial charge in [-0.25, -0.2) is 4.79 Å². The van der Waals surface area contributed by atoms with E-state index in [4.69, 9.17) is 17.2 Å². The second kappa shape index (κ2) is 18.1. The maximum absolute atomic E-state index is 13.4. The fraction of sp³-hybridized carbons (Fsp3) is 0.577. The number of amides is 3. The molecule has 0 heterocycles. The van der Waals surface area contributed by atoms with Crippen molar-refractivity contribution in [1.82, 2.24) is 16.0 Å². The van der Waals surface area contributed by atoms with E-state index in [1.807, 2.05) is 50.4 Å². The molecule has 12 nitrogen and oxygen atoms in total. The van der Waals surface area contributed by atoms with E-state index in [0.29, 0.717) is 25.1 Å². The Morgan fingerprint density at radius 3 is 2.08 bits per heavy atom. The number of aliphatic carboxylic acids is 1. The van der Waals surface area contributed by atoms with Gasteiger partial charge in [-0.2, -0.15) is 11.8 Å². The van der Waals surface area contributed by atoms with Gasteiger partial charge in [-0.3, -0.25) is 19.4 Å². The molecule has 1 rings (SSSR count). The van der Waals surface area contributed by atoms with E-state index in [0.717, 1.165) is 5.56 Å². The zero-order valence-electron chi connectivity index (χ0n) is 22.9. The van der Waals surface area contributed by atoms with Gasteiger partial charge in [0.15, 0.2) is 5.96 Å². The number of thioether (sulfide) groups is 1. The van der Waals surface area contributed by atoms with Crippen molar-refractivity contribution in [3.63, 3.8) is 0 Å². The van der Waals surface area contributed by atoms with Gasteiger partial charge >= 0.3 is 5.97 Å². The Labute approximate surface area is 234 Å². The van der Waals surface area contributed by atoms with Crippen LogP contribution in [0.15, 0.2) is 35.3 Å². The summed E-state index contributed by atoms with van der Waals surface area (Å²) >= 11 is 1.49. The number of carbonyl (C=O) groups excluding carboxylic acids is 3. The van der Waals surface area contributed by atoms with Gasteiger partial charge in [-0.1, -0.05) is 44.2 Å². The summed E-state index contributed by atoms with van der Waals surface area (Å²) in [5.41, 5.74) is 17.5. The summed E-state index contributed by atoms with van der Waals surface area (Å²) in [6, 6.07) is 5.14. The highest BCUT2D eigenvalue weighted by molar-refractivity contribution is 7.98. The van der Waals surface area contributed by atoms with Crippen molar-refractivity contribution in [2.45, 2.75) is 70.1 Å². The molecule has 0 aliphatic carbocycles. The van der Waals surface area contributed by atoms with Gasteiger partial charge in [0.05, 0.1) is 6.04 Å². The predicted molar refractivity (Wildman–Crippen MR) is 154 cm³/mol. The van der Waals surface area contributed by atoms with Crippen LogP contribution in [0.1, 0.15) is 45.1 Å². The maximum Gasteiger partial charge on any atom is 0.326 e. The van der Waals surface area contributed by atoms with Crippen LogP contribution in [0.4, 0.5) is 0 Å². The Morgan fingerprint density at radius 2 is 1.51 bits per heavy atom. The Balaban J connectivity index is 3.03. The van der Waals surface area contributed by atoms with Crippen molar-refractivity contribution in [3.8, 4) is 0 Å². The van der Waals surface area contributed by atoms with Crippen molar-refractivity contribution in [2.75, 3.05) is 18.6 Å². The molecule has 0 saturated heterocycles. The van der Waals surface area contributed by atoms with E-state index in [9.17, 15) is 24.3 Å². The normalized spacial score (nSPS) is 14.0. The van der Waals surface area contributed by atoms with Gasteiger partial charge in [0, 0.05) is 13.0 Å². The summed E-state index contributed by atoms with van der Waals surface area (Å²) in [6.07, 6.45) is 3.33. The quantitative estimate of drug-likeness (QED) is 0.0720. The maximum atomic E-state index is 13.4. The van der Waals surface area contributed by atoms with E-state index in [1.54, 1.807) is 0 Å². The third-order valence-corrected chi connectivity index (χ3v) is 6.43. The molecule has 3 amide bonds. The molecule has 39 heavy (non-hydrogen) atoms. The molecular weight excluding hydrogens is 522 g/mol. The topological polar surface area (TPSA) is 215 Å². The number of nitrogens with two attached hydrogens (primary N) is 3. The Bertz CT molecular complexity index is 957. The number of hydrogen-bond acceptors (Lipinski definition) is 7. The van der Waals surface area contributed by atoms with Crippen LogP contribution in [-0.4, -0.2) is 77.5 Å². The smallest absolute Gasteiger partial charge is 0.326 e. The minimum atomic E-state index is -1.14. The fourth-order valence-electron chi connectivity index (χ4n) is 3.73. The average molecular weight is 566 g/mol. The van der Waals surface area contributed by atoms with Crippen molar-refractivity contribution >= 4 is 41.4 Å². The minimum Gasteiger partial charge on any atom is -0.480 e. The zero-order valence-corrected chi connectivity index (χ0v) is 23.7. The van der Waals surface area contributed by atoms with E-state index in [2.05, 4.69) is 20.9 Å². The molecule has 4 unspecified atom stereocenters. The van der Waals surface area contributed by atoms with Crippen molar-refractivity contribution < 1.29 is 24.3 Å². The average Bonchev–Trinajstić information content (AvgIpc) is 2.87. The molecule has 0 aliphatic rings. The summed E-state index contributed by atoms with van der Waals surface area (Å²) in [5, 5.41) is 17.5. The number of nitrogens with one attached hydrogen (secondary N) is 3. The second-order valence-electron chi connectivity index (χ2n) is 9.68. The third-order valence-electron chi connectivity index (χ3n) is 5.79. The van der Waals surface area contributed by atoms with Crippen molar-refractivity contribution in [1.29, 1.82) is 0 Å². The number of benzene rings is 1. The molecule has 0 radical (unpaired) electrons. The molecule has 0 spiro atoms. The zero-order chi connectivity index (χ0) is 29.4. The Hall–Kier alpha value is -3.32. The molecule has 1 aromatic rings. The number of carboxylic acids is 1. The van der Waals surface area contributed by atoms with Crippen LogP contribution in [0.25, 0.3) is 0 Å². The highest BCUT2D eigenvalue weighted by Crippen LogP contribution is 2.09. The molecule has 0 saturated carbocycles. The van der Waals surface area contributed by atoms with Gasteiger partial charge in [0.25, 0.3) is 0 Å². The summed E-state index contributed by atoms with van der Waals surface area (Å²) in [5.74, 6) is -2.29. The third kappa shape index (κ3) is 13.9. The number of aliphatic imine (C=N–C) groups is 1. The number of guanidine groups is 1. The first-order valence-electron chi connectivity index (χ1n) is 12.9. The van der Waals surface area contributed by atoms with Crippen LogP contribution >= 0.6 is 11.8 Å². The van der Waals surface area contributed by atoms with E-state index in [-0.39, 0.29) is 31.1 Å². The molecule has 218 valence electrons. The Morgan fingerprint density at radius 1 is 0.923 bits per heavy atom. The van der Waals surface area contributed by atoms with Crippen molar-refractivity contribution in [2.24, 2.45) is 28.1 Å². The standard InChI is InChI=1S/C26H43N7O5S/c1-16(2)14-21(25(37)38)33-23(35)19(11-13-39-3)31-24(36)20(15-17-8-5-4-6-9-17)32-22(34)18(27)10-7-12-30-26(28)29/h4-6,8-9,16,18-21H,7,10-15,27H2,1-3H3,(H,31,36)(H,32,34)(H,33,35)(H,37,38)(H4,28,29,30). The van der Waals surface area contributed by atoms with E-state index < -0.39 is 47.9 Å². The largest absolute Gasteiger partial charge is 0.480 e. The molecule has 1 aromatic carbocycles. The molecule has 10 N–H and O–H groups in total. The molecule has 0 aliphatic heterocycles. The van der Waals surface area contributed by atoms with Crippen LogP contribution < -0.4 is 33.2 Å². The number of rotatable bonds is 18. The van der Waals surface area contributed by atoms with Crippen LogP contribution in [0.5, 0.6) is 0 Å². The SMILES string of the molecule is CSCCC(NC(=O)C(Cc1ccccc1)NC(=O)C(N)CCCN=C(N)N)C(=O)NC(CC(C)C)C(=O)O. The lowest BCUT2D eigenvalue weighted by Gasteiger charge is -2.25. The molecule has 0 fully saturated rings.